The first-order valence-electron chi connectivity index (χ1n) is 6.73. The van der Waals surface area contributed by atoms with E-state index in [1.165, 1.54) is 25.7 Å². The smallest absolute Gasteiger partial charge is 0.237 e. The van der Waals surface area contributed by atoms with Crippen LogP contribution in [0.2, 0.25) is 0 Å². The molecule has 2 atom stereocenters. The van der Waals surface area contributed by atoms with E-state index >= 15 is 0 Å². The molecule has 0 bridgehead atoms. The van der Waals surface area contributed by atoms with Gasteiger partial charge in [-0.3, -0.25) is 4.79 Å². The maximum absolute atomic E-state index is 11.8. The molecule has 2 rings (SSSR count). The summed E-state index contributed by atoms with van der Waals surface area (Å²) in [5.41, 5.74) is 0. The van der Waals surface area contributed by atoms with Gasteiger partial charge < -0.3 is 10.6 Å². The summed E-state index contributed by atoms with van der Waals surface area (Å²) in [6.45, 7) is 4.19. The van der Waals surface area contributed by atoms with Gasteiger partial charge in [-0.2, -0.15) is 0 Å². The monoisotopic (exact) mass is 224 g/mol. The van der Waals surface area contributed by atoms with Crippen molar-refractivity contribution in [2.75, 3.05) is 0 Å². The van der Waals surface area contributed by atoms with Gasteiger partial charge in [0.1, 0.15) is 0 Å². The number of carbonyl (C=O) groups excluding carboxylic acids is 1. The molecule has 1 unspecified atom stereocenters. The van der Waals surface area contributed by atoms with E-state index in [9.17, 15) is 4.79 Å². The normalized spacial score (nSPS) is 25.4. The molecule has 92 valence electrons. The van der Waals surface area contributed by atoms with Crippen molar-refractivity contribution >= 4 is 5.91 Å². The van der Waals surface area contributed by atoms with E-state index in [-0.39, 0.29) is 11.9 Å². The first-order valence-corrected chi connectivity index (χ1v) is 6.73. The number of carbonyl (C=O) groups is 1. The quantitative estimate of drug-likeness (QED) is 0.748. The van der Waals surface area contributed by atoms with Gasteiger partial charge in [0, 0.05) is 12.1 Å². The zero-order valence-electron chi connectivity index (χ0n) is 10.5. The Hall–Kier alpha value is -0.570. The van der Waals surface area contributed by atoms with Crippen molar-refractivity contribution in [3.63, 3.8) is 0 Å². The Bertz CT molecular complexity index is 244. The molecule has 3 nitrogen and oxygen atoms in total. The maximum Gasteiger partial charge on any atom is 0.237 e. The third-order valence-electron chi connectivity index (χ3n) is 3.94. The van der Waals surface area contributed by atoms with Crippen LogP contribution in [0.15, 0.2) is 0 Å². The molecule has 0 aromatic rings. The van der Waals surface area contributed by atoms with Crippen molar-refractivity contribution in [2.24, 2.45) is 5.92 Å². The maximum atomic E-state index is 11.8. The van der Waals surface area contributed by atoms with Gasteiger partial charge in [-0.25, -0.2) is 0 Å². The number of hydrogen-bond donors (Lipinski definition) is 2. The van der Waals surface area contributed by atoms with Crippen LogP contribution in [-0.2, 0) is 4.79 Å². The minimum absolute atomic E-state index is 0.0452. The molecular formula is C13H24N2O. The van der Waals surface area contributed by atoms with Gasteiger partial charge in [0.25, 0.3) is 0 Å². The SMILES string of the molecule is CC(N[C@@H](C)C1CCCC1)C(=O)NC1CC1. The predicted octanol–water partition coefficient (Wildman–Crippen LogP) is 1.82. The van der Waals surface area contributed by atoms with E-state index in [0.717, 1.165) is 18.8 Å². The molecule has 1 amide bonds. The molecule has 16 heavy (non-hydrogen) atoms. The number of amides is 1. The molecule has 0 aromatic heterocycles. The van der Waals surface area contributed by atoms with Gasteiger partial charge in [0.2, 0.25) is 5.91 Å². The Kier molecular flexibility index (Phi) is 3.85. The molecule has 3 heteroatoms. The number of nitrogens with one attached hydrogen (secondary N) is 2. The van der Waals surface area contributed by atoms with Crippen LogP contribution in [0, 0.1) is 5.92 Å². The van der Waals surface area contributed by atoms with E-state index in [0.29, 0.717) is 12.1 Å². The molecule has 2 aliphatic carbocycles. The molecule has 2 fully saturated rings. The summed E-state index contributed by atoms with van der Waals surface area (Å²) in [4.78, 5) is 11.8. The van der Waals surface area contributed by atoms with Crippen LogP contribution < -0.4 is 10.6 Å². The third-order valence-corrected chi connectivity index (χ3v) is 3.94. The summed E-state index contributed by atoms with van der Waals surface area (Å²) in [5.74, 6) is 0.948. The molecule has 0 aliphatic heterocycles. The van der Waals surface area contributed by atoms with Crippen LogP contribution in [0.4, 0.5) is 0 Å². The Balaban J connectivity index is 1.71. The summed E-state index contributed by atoms with van der Waals surface area (Å²) in [6, 6.07) is 0.900. The molecule has 2 saturated carbocycles. The van der Waals surface area contributed by atoms with Crippen LogP contribution in [0.1, 0.15) is 52.4 Å². The summed E-state index contributed by atoms with van der Waals surface area (Å²) >= 11 is 0. The highest BCUT2D eigenvalue weighted by molar-refractivity contribution is 5.81. The fraction of sp³-hybridized carbons (Fsp3) is 0.923. The zero-order valence-corrected chi connectivity index (χ0v) is 10.5. The second-order valence-electron chi connectivity index (χ2n) is 5.50. The van der Waals surface area contributed by atoms with Gasteiger partial charge in [0.05, 0.1) is 6.04 Å². The van der Waals surface area contributed by atoms with E-state index < -0.39 is 0 Å². The standard InChI is InChI=1S/C13H24N2O/c1-9(11-5-3-4-6-11)14-10(2)13(16)15-12-7-8-12/h9-12,14H,3-8H2,1-2H3,(H,15,16)/t9-,10?/m0/s1. The number of rotatable bonds is 5. The Morgan fingerprint density at radius 3 is 2.31 bits per heavy atom. The van der Waals surface area contributed by atoms with E-state index in [1.54, 1.807) is 0 Å². The lowest BCUT2D eigenvalue weighted by Crippen LogP contribution is -2.48. The van der Waals surface area contributed by atoms with Crippen LogP contribution >= 0.6 is 0 Å². The predicted molar refractivity (Wildman–Crippen MR) is 65.2 cm³/mol. The molecule has 0 heterocycles. The minimum atomic E-state index is -0.0452. The van der Waals surface area contributed by atoms with Crippen molar-refractivity contribution in [3.05, 3.63) is 0 Å². The fourth-order valence-electron chi connectivity index (χ4n) is 2.62. The van der Waals surface area contributed by atoms with E-state index in [4.69, 9.17) is 0 Å². The third kappa shape index (κ3) is 3.21. The van der Waals surface area contributed by atoms with Gasteiger partial charge in [-0.15, -0.1) is 0 Å². The van der Waals surface area contributed by atoms with Gasteiger partial charge in [-0.1, -0.05) is 12.8 Å². The Labute approximate surface area is 98.4 Å². The van der Waals surface area contributed by atoms with Crippen molar-refractivity contribution in [2.45, 2.75) is 70.5 Å². The topological polar surface area (TPSA) is 41.1 Å². The first kappa shape index (κ1) is 11.9. The first-order chi connectivity index (χ1) is 7.66. The van der Waals surface area contributed by atoms with Crippen molar-refractivity contribution in [1.82, 2.24) is 10.6 Å². The lowest BCUT2D eigenvalue weighted by atomic mass is 9.99. The number of hydrogen-bond acceptors (Lipinski definition) is 2. The molecule has 0 saturated heterocycles. The molecule has 2 aliphatic rings. The summed E-state index contributed by atoms with van der Waals surface area (Å²) in [7, 11) is 0. The second kappa shape index (κ2) is 5.17. The summed E-state index contributed by atoms with van der Waals surface area (Å²) in [5, 5.41) is 6.49. The lowest BCUT2D eigenvalue weighted by Gasteiger charge is -2.24. The lowest BCUT2D eigenvalue weighted by molar-refractivity contribution is -0.123. The molecule has 2 N–H and O–H groups in total. The van der Waals surface area contributed by atoms with Crippen LogP contribution in [0.25, 0.3) is 0 Å². The van der Waals surface area contributed by atoms with Crippen molar-refractivity contribution < 1.29 is 4.79 Å². The molecular weight excluding hydrogens is 200 g/mol. The van der Waals surface area contributed by atoms with Crippen molar-refractivity contribution in [3.8, 4) is 0 Å². The average molecular weight is 224 g/mol. The van der Waals surface area contributed by atoms with Crippen LogP contribution in [0.3, 0.4) is 0 Å². The second-order valence-corrected chi connectivity index (χ2v) is 5.50. The highest BCUT2D eigenvalue weighted by Gasteiger charge is 2.28. The van der Waals surface area contributed by atoms with Gasteiger partial charge in [0.15, 0.2) is 0 Å². The van der Waals surface area contributed by atoms with Gasteiger partial charge >= 0.3 is 0 Å². The summed E-state index contributed by atoms with van der Waals surface area (Å²) in [6.07, 6.45) is 7.70. The highest BCUT2D eigenvalue weighted by Crippen LogP contribution is 2.27. The molecule has 0 spiro atoms. The Morgan fingerprint density at radius 2 is 1.75 bits per heavy atom. The largest absolute Gasteiger partial charge is 0.352 e. The van der Waals surface area contributed by atoms with Crippen LogP contribution in [0.5, 0.6) is 0 Å². The minimum Gasteiger partial charge on any atom is -0.352 e. The van der Waals surface area contributed by atoms with Crippen LogP contribution in [-0.4, -0.2) is 24.0 Å². The highest BCUT2D eigenvalue weighted by atomic mass is 16.2. The molecule has 0 radical (unpaired) electrons. The zero-order chi connectivity index (χ0) is 11.5. The molecule has 0 aromatic carbocycles. The van der Waals surface area contributed by atoms with Gasteiger partial charge in [-0.05, 0) is 45.4 Å². The summed E-state index contributed by atoms with van der Waals surface area (Å²) < 4.78 is 0. The van der Waals surface area contributed by atoms with E-state index in [2.05, 4.69) is 17.6 Å². The average Bonchev–Trinajstić information content (AvgIpc) is 2.89. The van der Waals surface area contributed by atoms with E-state index in [1.807, 2.05) is 6.92 Å². The van der Waals surface area contributed by atoms with Crippen molar-refractivity contribution in [1.29, 1.82) is 0 Å². The Morgan fingerprint density at radius 1 is 1.12 bits per heavy atom. The fourth-order valence-corrected chi connectivity index (χ4v) is 2.62.